The van der Waals surface area contributed by atoms with E-state index in [0.717, 1.165) is 24.1 Å². The Kier molecular flexibility index (Phi) is 3.14. The molecule has 3 rings (SSSR count). The first-order chi connectivity index (χ1) is 9.13. The number of nitrogens with one attached hydrogen (secondary N) is 1. The van der Waals surface area contributed by atoms with E-state index in [1.165, 1.54) is 17.5 Å². The third-order valence-corrected chi connectivity index (χ3v) is 3.83. The van der Waals surface area contributed by atoms with E-state index < -0.39 is 5.97 Å². The number of carbonyl (C=O) groups is 1. The molecule has 1 aromatic carbocycles. The Morgan fingerprint density at radius 1 is 1.37 bits per heavy atom. The van der Waals surface area contributed by atoms with Crippen molar-refractivity contribution in [2.75, 3.05) is 0 Å². The lowest BCUT2D eigenvalue weighted by Gasteiger charge is -2.04. The van der Waals surface area contributed by atoms with E-state index in [4.69, 9.17) is 5.11 Å². The van der Waals surface area contributed by atoms with Crippen LogP contribution in [0.5, 0.6) is 0 Å². The summed E-state index contributed by atoms with van der Waals surface area (Å²) in [5.41, 5.74) is 5.11. The zero-order valence-corrected chi connectivity index (χ0v) is 11.8. The molecule has 2 aromatic rings. The summed E-state index contributed by atoms with van der Waals surface area (Å²) in [5, 5.41) is 8.94. The number of aliphatic carboxylic acids is 1. The van der Waals surface area contributed by atoms with Crippen LogP contribution in [-0.4, -0.2) is 21.0 Å². The fraction of sp³-hybridized carbons (Fsp3) is 0.286. The van der Waals surface area contributed by atoms with Crippen molar-refractivity contribution < 1.29 is 9.90 Å². The van der Waals surface area contributed by atoms with Crippen molar-refractivity contribution in [1.29, 1.82) is 0 Å². The molecular formula is C14H13BrN2O2. The first-order valence-corrected chi connectivity index (χ1v) is 7.01. The third kappa shape index (κ3) is 2.42. The summed E-state index contributed by atoms with van der Waals surface area (Å²) in [6, 6.07) is 6.29. The number of carboxylic acids is 1. The maximum Gasteiger partial charge on any atom is 0.309 e. The molecule has 0 fully saturated rings. The van der Waals surface area contributed by atoms with Gasteiger partial charge in [0, 0.05) is 5.56 Å². The maximum atomic E-state index is 10.9. The van der Waals surface area contributed by atoms with Crippen LogP contribution in [0, 0.1) is 0 Å². The van der Waals surface area contributed by atoms with E-state index in [2.05, 4.69) is 38.0 Å². The Hall–Kier alpha value is -1.62. The van der Waals surface area contributed by atoms with Crippen LogP contribution in [0.3, 0.4) is 0 Å². The SMILES string of the molecule is O=C(O)Cc1[nH]c(Br)nc1-c1ccc2c(c1)CCC2. The number of benzene rings is 1. The zero-order valence-electron chi connectivity index (χ0n) is 10.2. The largest absolute Gasteiger partial charge is 0.481 e. The van der Waals surface area contributed by atoms with E-state index in [1.54, 1.807) is 0 Å². The molecule has 5 heteroatoms. The molecule has 0 radical (unpaired) electrons. The molecule has 19 heavy (non-hydrogen) atoms. The lowest BCUT2D eigenvalue weighted by atomic mass is 10.0. The average Bonchev–Trinajstić information content (AvgIpc) is 2.93. The second-order valence-electron chi connectivity index (χ2n) is 4.76. The summed E-state index contributed by atoms with van der Waals surface area (Å²) in [6.07, 6.45) is 3.39. The number of nitrogens with zero attached hydrogens (tertiary/aromatic N) is 1. The number of carboxylic acid groups (broad SMARTS) is 1. The van der Waals surface area contributed by atoms with Crippen LogP contribution in [0.25, 0.3) is 11.3 Å². The molecule has 0 atom stereocenters. The fourth-order valence-corrected chi connectivity index (χ4v) is 3.03. The van der Waals surface area contributed by atoms with Gasteiger partial charge < -0.3 is 10.1 Å². The molecule has 98 valence electrons. The van der Waals surface area contributed by atoms with Crippen LogP contribution in [-0.2, 0) is 24.1 Å². The fourth-order valence-electron chi connectivity index (χ4n) is 2.61. The molecule has 0 aliphatic heterocycles. The van der Waals surface area contributed by atoms with Crippen molar-refractivity contribution in [3.05, 3.63) is 39.8 Å². The molecule has 1 aliphatic carbocycles. The van der Waals surface area contributed by atoms with Gasteiger partial charge in [-0.15, -0.1) is 0 Å². The van der Waals surface area contributed by atoms with Crippen LogP contribution in [0.1, 0.15) is 23.2 Å². The van der Waals surface area contributed by atoms with Crippen molar-refractivity contribution in [3.63, 3.8) is 0 Å². The standard InChI is InChI=1S/C14H13BrN2O2/c15-14-16-11(7-12(18)19)13(17-14)10-5-4-8-2-1-3-9(8)6-10/h4-6H,1-3,7H2,(H,16,17)(H,18,19). The van der Waals surface area contributed by atoms with Crippen LogP contribution in [0.4, 0.5) is 0 Å². The van der Waals surface area contributed by atoms with E-state index in [1.807, 2.05) is 6.07 Å². The summed E-state index contributed by atoms with van der Waals surface area (Å²) >= 11 is 3.27. The first kappa shape index (κ1) is 12.4. The highest BCUT2D eigenvalue weighted by Gasteiger charge is 2.17. The van der Waals surface area contributed by atoms with E-state index in [-0.39, 0.29) is 6.42 Å². The average molecular weight is 321 g/mol. The number of fused-ring (bicyclic) bond motifs is 1. The number of H-pyrrole nitrogens is 1. The van der Waals surface area contributed by atoms with Gasteiger partial charge in [-0.05, 0) is 52.4 Å². The van der Waals surface area contributed by atoms with Gasteiger partial charge in [0.15, 0.2) is 4.73 Å². The number of hydrogen-bond donors (Lipinski definition) is 2. The molecule has 1 heterocycles. The van der Waals surface area contributed by atoms with Crippen molar-refractivity contribution in [3.8, 4) is 11.3 Å². The molecule has 0 saturated carbocycles. The van der Waals surface area contributed by atoms with E-state index in [0.29, 0.717) is 10.4 Å². The summed E-state index contributed by atoms with van der Waals surface area (Å²) in [7, 11) is 0. The van der Waals surface area contributed by atoms with E-state index >= 15 is 0 Å². The van der Waals surface area contributed by atoms with Gasteiger partial charge in [0.05, 0.1) is 17.8 Å². The predicted octanol–water partition coefficient (Wildman–Crippen LogP) is 2.96. The molecule has 1 aliphatic rings. The molecule has 2 N–H and O–H groups in total. The normalized spacial score (nSPS) is 13.5. The topological polar surface area (TPSA) is 66.0 Å². The number of halogens is 1. The quantitative estimate of drug-likeness (QED) is 0.913. The molecule has 4 nitrogen and oxygen atoms in total. The second-order valence-corrected chi connectivity index (χ2v) is 5.51. The molecule has 0 saturated heterocycles. The lowest BCUT2D eigenvalue weighted by molar-refractivity contribution is -0.136. The molecule has 0 bridgehead atoms. The van der Waals surface area contributed by atoms with Crippen molar-refractivity contribution in [2.45, 2.75) is 25.7 Å². The third-order valence-electron chi connectivity index (χ3n) is 3.45. The first-order valence-electron chi connectivity index (χ1n) is 6.22. The van der Waals surface area contributed by atoms with Gasteiger partial charge in [0.2, 0.25) is 0 Å². The van der Waals surface area contributed by atoms with Crippen molar-refractivity contribution in [1.82, 2.24) is 9.97 Å². The van der Waals surface area contributed by atoms with Crippen molar-refractivity contribution in [2.24, 2.45) is 0 Å². The Morgan fingerprint density at radius 2 is 2.16 bits per heavy atom. The van der Waals surface area contributed by atoms with Crippen LogP contribution in [0.15, 0.2) is 22.9 Å². The zero-order chi connectivity index (χ0) is 13.4. The monoisotopic (exact) mass is 320 g/mol. The van der Waals surface area contributed by atoms with E-state index in [9.17, 15) is 4.79 Å². The number of aromatic amines is 1. The number of aryl methyl sites for hydroxylation is 2. The van der Waals surface area contributed by atoms with Gasteiger partial charge in [-0.3, -0.25) is 4.79 Å². The molecule has 0 spiro atoms. The molecule has 0 unspecified atom stereocenters. The summed E-state index contributed by atoms with van der Waals surface area (Å²) in [6.45, 7) is 0. The maximum absolute atomic E-state index is 10.9. The Balaban J connectivity index is 2.04. The molecule has 0 amide bonds. The predicted molar refractivity (Wildman–Crippen MR) is 75.1 cm³/mol. The van der Waals surface area contributed by atoms with Crippen LogP contribution < -0.4 is 0 Å². The lowest BCUT2D eigenvalue weighted by Crippen LogP contribution is -2.02. The van der Waals surface area contributed by atoms with Gasteiger partial charge in [0.25, 0.3) is 0 Å². The number of hydrogen-bond acceptors (Lipinski definition) is 2. The minimum atomic E-state index is -0.862. The minimum absolute atomic E-state index is 0.0506. The summed E-state index contributed by atoms with van der Waals surface area (Å²) in [5.74, 6) is -0.862. The minimum Gasteiger partial charge on any atom is -0.481 e. The molecular weight excluding hydrogens is 308 g/mol. The smallest absolute Gasteiger partial charge is 0.309 e. The van der Waals surface area contributed by atoms with Gasteiger partial charge in [0.1, 0.15) is 0 Å². The van der Waals surface area contributed by atoms with Crippen LogP contribution >= 0.6 is 15.9 Å². The van der Waals surface area contributed by atoms with Crippen LogP contribution in [0.2, 0.25) is 0 Å². The van der Waals surface area contributed by atoms with Gasteiger partial charge in [-0.25, -0.2) is 4.98 Å². The number of rotatable bonds is 3. The molecule has 1 aromatic heterocycles. The van der Waals surface area contributed by atoms with Gasteiger partial charge in [-0.2, -0.15) is 0 Å². The summed E-state index contributed by atoms with van der Waals surface area (Å²) in [4.78, 5) is 18.2. The second kappa shape index (κ2) is 4.81. The van der Waals surface area contributed by atoms with Gasteiger partial charge >= 0.3 is 5.97 Å². The number of aromatic nitrogens is 2. The number of imidazole rings is 1. The highest BCUT2D eigenvalue weighted by molar-refractivity contribution is 9.10. The highest BCUT2D eigenvalue weighted by Crippen LogP contribution is 2.29. The highest BCUT2D eigenvalue weighted by atomic mass is 79.9. The Labute approximate surface area is 119 Å². The van der Waals surface area contributed by atoms with Crippen molar-refractivity contribution >= 4 is 21.9 Å². The Bertz CT molecular complexity index is 649. The van der Waals surface area contributed by atoms with Gasteiger partial charge in [-0.1, -0.05) is 12.1 Å². The summed E-state index contributed by atoms with van der Waals surface area (Å²) < 4.78 is 0.569. The Morgan fingerprint density at radius 3 is 2.95 bits per heavy atom.